The van der Waals surface area contributed by atoms with Crippen molar-refractivity contribution in [1.82, 2.24) is 9.55 Å². The summed E-state index contributed by atoms with van der Waals surface area (Å²) >= 11 is 1.35. The molecule has 0 bridgehead atoms. The van der Waals surface area contributed by atoms with Gasteiger partial charge in [0.1, 0.15) is 22.5 Å². The molecule has 1 aliphatic rings. The van der Waals surface area contributed by atoms with Crippen LogP contribution in [0.3, 0.4) is 0 Å². The first kappa shape index (κ1) is 17.4. The van der Waals surface area contributed by atoms with Crippen LogP contribution in [-0.4, -0.2) is 21.3 Å². The molecule has 0 spiro atoms. The highest BCUT2D eigenvalue weighted by atomic mass is 32.2. The Kier molecular flexibility index (Phi) is 5.25. The summed E-state index contributed by atoms with van der Waals surface area (Å²) in [5.74, 6) is 0.538. The molecule has 1 heterocycles. The van der Waals surface area contributed by atoms with Gasteiger partial charge in [0.05, 0.1) is 12.3 Å². The van der Waals surface area contributed by atoms with Gasteiger partial charge >= 0.3 is 0 Å². The number of aromatic nitrogens is 2. The molecule has 1 aliphatic carbocycles. The number of hydrogen-bond acceptors (Lipinski definition) is 3. The van der Waals surface area contributed by atoms with Crippen molar-refractivity contribution in [3.63, 3.8) is 0 Å². The molecule has 6 heteroatoms. The number of aliphatic hydroxyl groups excluding tert-OH is 1. The Bertz CT molecular complexity index is 706. The van der Waals surface area contributed by atoms with Gasteiger partial charge in [0.2, 0.25) is 0 Å². The smallest absolute Gasteiger partial charge is 0.127 e. The monoisotopic (exact) mass is 352 g/mol. The lowest BCUT2D eigenvalue weighted by molar-refractivity contribution is 0.293. The van der Waals surface area contributed by atoms with Crippen molar-refractivity contribution in [3.8, 4) is 0 Å². The van der Waals surface area contributed by atoms with Crippen LogP contribution in [0.2, 0.25) is 0 Å². The summed E-state index contributed by atoms with van der Waals surface area (Å²) in [6.45, 7) is 5.01. The fourth-order valence-electron chi connectivity index (χ4n) is 2.72. The maximum atomic E-state index is 13.5. The van der Waals surface area contributed by atoms with E-state index in [4.69, 9.17) is 4.98 Å². The van der Waals surface area contributed by atoms with Gasteiger partial charge < -0.3 is 9.67 Å². The molecule has 130 valence electrons. The highest BCUT2D eigenvalue weighted by Crippen LogP contribution is 2.39. The van der Waals surface area contributed by atoms with Crippen molar-refractivity contribution in [1.29, 1.82) is 0 Å². The average Bonchev–Trinajstić information content (AvgIpc) is 3.24. The maximum absolute atomic E-state index is 13.5. The van der Waals surface area contributed by atoms with E-state index in [0.29, 0.717) is 17.2 Å². The van der Waals surface area contributed by atoms with Crippen LogP contribution in [0.15, 0.2) is 28.1 Å². The lowest BCUT2D eigenvalue weighted by Gasteiger charge is -2.13. The summed E-state index contributed by atoms with van der Waals surface area (Å²) in [5, 5.41) is 10.3. The summed E-state index contributed by atoms with van der Waals surface area (Å²) in [4.78, 5) is 5.25. The molecule has 1 N–H and O–H groups in total. The van der Waals surface area contributed by atoms with E-state index in [1.807, 2.05) is 0 Å². The summed E-state index contributed by atoms with van der Waals surface area (Å²) in [6.07, 6.45) is 2.89. The Balaban J connectivity index is 2.01. The van der Waals surface area contributed by atoms with E-state index in [1.54, 1.807) is 0 Å². The summed E-state index contributed by atoms with van der Waals surface area (Å²) in [7, 11) is 0. The van der Waals surface area contributed by atoms with Crippen LogP contribution in [0.25, 0.3) is 0 Å². The maximum Gasteiger partial charge on any atom is 0.127 e. The molecule has 1 saturated carbocycles. The zero-order valence-corrected chi connectivity index (χ0v) is 14.7. The van der Waals surface area contributed by atoms with E-state index in [0.717, 1.165) is 29.2 Å². The average molecular weight is 352 g/mol. The van der Waals surface area contributed by atoms with Crippen molar-refractivity contribution in [2.24, 2.45) is 5.92 Å². The fourth-order valence-corrected chi connectivity index (χ4v) is 3.97. The van der Waals surface area contributed by atoms with Crippen molar-refractivity contribution < 1.29 is 13.9 Å². The zero-order chi connectivity index (χ0) is 17.3. The Morgan fingerprint density at radius 3 is 2.46 bits per heavy atom. The zero-order valence-electron chi connectivity index (χ0n) is 13.9. The minimum atomic E-state index is -0.576. The van der Waals surface area contributed by atoms with Crippen LogP contribution in [0.4, 0.5) is 8.78 Å². The Hall–Kier alpha value is -1.40. The molecule has 0 unspecified atom stereocenters. The third kappa shape index (κ3) is 3.98. The predicted molar refractivity (Wildman–Crippen MR) is 90.3 cm³/mol. The Morgan fingerprint density at radius 2 is 1.92 bits per heavy atom. The summed E-state index contributed by atoms with van der Waals surface area (Å²) in [6, 6.07) is 3.57. The number of imidazole rings is 1. The van der Waals surface area contributed by atoms with E-state index in [-0.39, 0.29) is 12.5 Å². The molecule has 24 heavy (non-hydrogen) atoms. The topological polar surface area (TPSA) is 38.1 Å². The third-order valence-corrected chi connectivity index (χ3v) is 5.19. The van der Waals surface area contributed by atoms with E-state index in [2.05, 4.69) is 18.4 Å². The van der Waals surface area contributed by atoms with E-state index >= 15 is 0 Å². The predicted octanol–water partition coefficient (Wildman–Crippen LogP) is 4.38. The second-order valence-corrected chi connectivity index (χ2v) is 7.67. The molecule has 0 saturated heterocycles. The van der Waals surface area contributed by atoms with Gasteiger partial charge in [0, 0.05) is 23.9 Å². The molecule has 1 fully saturated rings. The number of nitrogens with zero attached hydrogens (tertiary/aromatic N) is 2. The first-order valence-electron chi connectivity index (χ1n) is 8.32. The molecule has 0 aliphatic heterocycles. The van der Waals surface area contributed by atoms with Crippen LogP contribution in [0.5, 0.6) is 0 Å². The van der Waals surface area contributed by atoms with Gasteiger partial charge in [-0.05, 0) is 36.8 Å². The van der Waals surface area contributed by atoms with Crippen LogP contribution >= 0.6 is 11.8 Å². The van der Waals surface area contributed by atoms with Crippen molar-refractivity contribution in [2.45, 2.75) is 55.5 Å². The number of halogens is 2. The molecular weight excluding hydrogens is 330 g/mol. The first-order valence-corrected chi connectivity index (χ1v) is 9.13. The lowest BCUT2D eigenvalue weighted by atomic mass is 10.1. The molecule has 0 radical (unpaired) electrons. The van der Waals surface area contributed by atoms with Gasteiger partial charge in [-0.15, -0.1) is 0 Å². The second kappa shape index (κ2) is 7.23. The molecule has 0 atom stereocenters. The minimum Gasteiger partial charge on any atom is -0.396 e. The van der Waals surface area contributed by atoms with Crippen molar-refractivity contribution in [3.05, 3.63) is 41.4 Å². The van der Waals surface area contributed by atoms with Crippen LogP contribution in [0, 0.1) is 17.6 Å². The molecule has 2 aromatic rings. The van der Waals surface area contributed by atoms with Gasteiger partial charge in [-0.25, -0.2) is 13.8 Å². The number of hydrogen-bond donors (Lipinski definition) is 1. The Morgan fingerprint density at radius 1 is 1.25 bits per heavy atom. The summed E-state index contributed by atoms with van der Waals surface area (Å²) < 4.78 is 29.2. The first-order chi connectivity index (χ1) is 11.5. The molecule has 3 nitrogen and oxygen atoms in total. The van der Waals surface area contributed by atoms with E-state index in [1.165, 1.54) is 36.7 Å². The van der Waals surface area contributed by atoms with Gasteiger partial charge in [-0.2, -0.15) is 0 Å². The van der Waals surface area contributed by atoms with Gasteiger partial charge in [-0.1, -0.05) is 25.6 Å². The normalized spacial score (nSPS) is 14.6. The molecule has 1 aromatic carbocycles. The quantitative estimate of drug-likeness (QED) is 0.803. The highest BCUT2D eigenvalue weighted by Gasteiger charge is 2.27. The third-order valence-electron chi connectivity index (χ3n) is 4.10. The van der Waals surface area contributed by atoms with Crippen LogP contribution in [-0.2, 0) is 13.0 Å². The molecule has 1 aromatic heterocycles. The largest absolute Gasteiger partial charge is 0.396 e. The van der Waals surface area contributed by atoms with Gasteiger partial charge in [-0.3, -0.25) is 0 Å². The van der Waals surface area contributed by atoms with Crippen LogP contribution in [0.1, 0.15) is 44.1 Å². The van der Waals surface area contributed by atoms with Crippen molar-refractivity contribution >= 4 is 11.8 Å². The number of rotatable bonds is 7. The highest BCUT2D eigenvalue weighted by molar-refractivity contribution is 7.99. The second-order valence-electron chi connectivity index (χ2n) is 6.61. The fraction of sp³-hybridized carbons (Fsp3) is 0.500. The lowest BCUT2D eigenvalue weighted by Crippen LogP contribution is -2.08. The van der Waals surface area contributed by atoms with Gasteiger partial charge in [0.15, 0.2) is 0 Å². The van der Waals surface area contributed by atoms with Crippen molar-refractivity contribution in [2.75, 3.05) is 6.61 Å². The Labute approximate surface area is 145 Å². The SMILES string of the molecule is CC(C)c1nc(CCO)n(CC2CC2)c1Sc1cc(F)cc(F)c1. The molecule has 3 rings (SSSR count). The van der Waals surface area contributed by atoms with Gasteiger partial charge in [0.25, 0.3) is 0 Å². The van der Waals surface area contributed by atoms with E-state index < -0.39 is 11.6 Å². The minimum absolute atomic E-state index is 0.0396. The van der Waals surface area contributed by atoms with Crippen LogP contribution < -0.4 is 0 Å². The van der Waals surface area contributed by atoms with E-state index in [9.17, 15) is 13.9 Å². The summed E-state index contributed by atoms with van der Waals surface area (Å²) in [5.41, 5.74) is 0.925. The number of benzene rings is 1. The molecular formula is C18H22F2N2OS. The molecule has 0 amide bonds. The standard InChI is InChI=1S/C18H22F2N2OS/c1-11(2)17-18(24-15-8-13(19)7-14(20)9-15)22(10-12-3-4-12)16(21-17)5-6-23/h7-9,11-12,23H,3-6,10H2,1-2H3. The number of aliphatic hydroxyl groups is 1.